The van der Waals surface area contributed by atoms with E-state index in [1.54, 1.807) is 11.3 Å². The van der Waals surface area contributed by atoms with Crippen molar-refractivity contribution < 1.29 is 0 Å². The molecule has 0 radical (unpaired) electrons. The summed E-state index contributed by atoms with van der Waals surface area (Å²) in [6, 6.07) is 11.4. The molecule has 0 aliphatic rings. The van der Waals surface area contributed by atoms with Gasteiger partial charge in [-0.3, -0.25) is 0 Å². The van der Waals surface area contributed by atoms with Gasteiger partial charge in [-0.15, -0.1) is 11.3 Å². The molecule has 1 N–H and O–H groups in total. The van der Waals surface area contributed by atoms with Gasteiger partial charge in [0.05, 0.1) is 6.54 Å². The normalized spacial score (nSPS) is 11.1. The number of rotatable bonds is 6. The highest BCUT2D eigenvalue weighted by atomic mass is 79.9. The van der Waals surface area contributed by atoms with Crippen LogP contribution in [0.4, 0.5) is 5.69 Å². The van der Waals surface area contributed by atoms with Crippen molar-refractivity contribution in [2.24, 2.45) is 0 Å². The van der Waals surface area contributed by atoms with E-state index in [2.05, 4.69) is 82.8 Å². The summed E-state index contributed by atoms with van der Waals surface area (Å²) >= 11 is 5.48. The quantitative estimate of drug-likeness (QED) is 0.814. The molecule has 0 spiro atoms. The van der Waals surface area contributed by atoms with Crippen LogP contribution in [0.5, 0.6) is 0 Å². The first-order valence-corrected chi connectivity index (χ1v) is 8.49. The molecule has 0 fully saturated rings. The van der Waals surface area contributed by atoms with E-state index in [0.717, 1.165) is 13.1 Å². The van der Waals surface area contributed by atoms with Crippen LogP contribution < -0.4 is 10.2 Å². The summed E-state index contributed by atoms with van der Waals surface area (Å²) < 4.78 is 1.17. The highest BCUT2D eigenvalue weighted by Crippen LogP contribution is 2.25. The first-order valence-electron chi connectivity index (χ1n) is 6.81. The van der Waals surface area contributed by atoms with E-state index in [-0.39, 0.29) is 0 Å². The van der Waals surface area contributed by atoms with E-state index in [1.807, 2.05) is 0 Å². The third-order valence-electron chi connectivity index (χ3n) is 3.15. The lowest BCUT2D eigenvalue weighted by atomic mass is 10.2. The van der Waals surface area contributed by atoms with Crippen molar-refractivity contribution in [3.63, 3.8) is 0 Å². The zero-order chi connectivity index (χ0) is 14.5. The zero-order valence-electron chi connectivity index (χ0n) is 12.2. The monoisotopic (exact) mass is 352 g/mol. The van der Waals surface area contributed by atoms with Gasteiger partial charge in [0.25, 0.3) is 0 Å². The number of nitrogens with one attached hydrogen (secondary N) is 1. The molecule has 0 aliphatic carbocycles. The molecule has 4 heteroatoms. The molecular formula is C16H21BrN2S. The Bertz CT molecular complexity index is 537. The molecule has 1 aromatic carbocycles. The fourth-order valence-corrected chi connectivity index (χ4v) is 3.22. The Morgan fingerprint density at radius 3 is 2.70 bits per heavy atom. The van der Waals surface area contributed by atoms with Crippen LogP contribution in [0.2, 0.25) is 0 Å². The SMILES string of the molecule is CC(C)NCc1ccc(N(C)Cc2cccs2)cc1Br. The minimum atomic E-state index is 0.503. The highest BCUT2D eigenvalue weighted by molar-refractivity contribution is 9.10. The Morgan fingerprint density at radius 1 is 1.30 bits per heavy atom. The van der Waals surface area contributed by atoms with Gasteiger partial charge >= 0.3 is 0 Å². The second kappa shape index (κ2) is 7.25. The van der Waals surface area contributed by atoms with Crippen LogP contribution in [0.25, 0.3) is 0 Å². The maximum atomic E-state index is 3.68. The lowest BCUT2D eigenvalue weighted by Crippen LogP contribution is -2.22. The van der Waals surface area contributed by atoms with Crippen molar-refractivity contribution in [2.75, 3.05) is 11.9 Å². The molecular weight excluding hydrogens is 332 g/mol. The lowest BCUT2D eigenvalue weighted by Gasteiger charge is -2.20. The summed E-state index contributed by atoms with van der Waals surface area (Å²) in [6.07, 6.45) is 0. The van der Waals surface area contributed by atoms with Crippen LogP contribution >= 0.6 is 27.3 Å². The number of thiophene rings is 1. The van der Waals surface area contributed by atoms with E-state index in [0.29, 0.717) is 6.04 Å². The standard InChI is InChI=1S/C16H21BrN2S/c1-12(2)18-10-13-6-7-14(9-16(13)17)19(3)11-15-5-4-8-20-15/h4-9,12,18H,10-11H2,1-3H3. The number of benzene rings is 1. The molecule has 2 aromatic rings. The van der Waals surface area contributed by atoms with Crippen LogP contribution in [0.1, 0.15) is 24.3 Å². The predicted molar refractivity (Wildman–Crippen MR) is 92.5 cm³/mol. The first-order chi connectivity index (χ1) is 9.56. The average molecular weight is 353 g/mol. The molecule has 0 unspecified atom stereocenters. The fraction of sp³-hybridized carbons (Fsp3) is 0.375. The summed E-state index contributed by atoms with van der Waals surface area (Å²) in [6.45, 7) is 6.18. The van der Waals surface area contributed by atoms with Crippen molar-refractivity contribution in [3.8, 4) is 0 Å². The largest absolute Gasteiger partial charge is 0.369 e. The lowest BCUT2D eigenvalue weighted by molar-refractivity contribution is 0.588. The van der Waals surface area contributed by atoms with Gasteiger partial charge in [-0.1, -0.05) is 41.9 Å². The van der Waals surface area contributed by atoms with E-state index in [9.17, 15) is 0 Å². The van der Waals surface area contributed by atoms with Crippen LogP contribution in [-0.4, -0.2) is 13.1 Å². The van der Waals surface area contributed by atoms with E-state index in [1.165, 1.54) is 20.6 Å². The summed E-state index contributed by atoms with van der Waals surface area (Å²) in [7, 11) is 2.13. The van der Waals surface area contributed by atoms with Gasteiger partial charge < -0.3 is 10.2 Å². The smallest absolute Gasteiger partial charge is 0.0519 e. The van der Waals surface area contributed by atoms with Gasteiger partial charge in [-0.25, -0.2) is 0 Å². The van der Waals surface area contributed by atoms with Gasteiger partial charge in [0, 0.05) is 34.7 Å². The van der Waals surface area contributed by atoms with Crippen molar-refractivity contribution >= 4 is 33.0 Å². The minimum absolute atomic E-state index is 0.503. The number of hydrogen-bond donors (Lipinski definition) is 1. The Labute approximate surface area is 133 Å². The average Bonchev–Trinajstić information content (AvgIpc) is 2.89. The van der Waals surface area contributed by atoms with Crippen LogP contribution in [0, 0.1) is 0 Å². The molecule has 2 rings (SSSR count). The minimum Gasteiger partial charge on any atom is -0.369 e. The molecule has 0 aliphatic heterocycles. The summed E-state index contributed by atoms with van der Waals surface area (Å²) in [5.74, 6) is 0. The summed E-state index contributed by atoms with van der Waals surface area (Å²) in [5, 5.41) is 5.57. The van der Waals surface area contributed by atoms with Gasteiger partial charge in [-0.2, -0.15) is 0 Å². The number of anilines is 1. The number of nitrogens with zero attached hydrogens (tertiary/aromatic N) is 1. The second-order valence-corrected chi connectivity index (χ2v) is 7.13. The topological polar surface area (TPSA) is 15.3 Å². The van der Waals surface area contributed by atoms with E-state index in [4.69, 9.17) is 0 Å². The molecule has 0 saturated heterocycles. The van der Waals surface area contributed by atoms with Crippen molar-refractivity contribution in [1.82, 2.24) is 5.32 Å². The predicted octanol–water partition coefficient (Wildman–Crippen LogP) is 4.65. The van der Waals surface area contributed by atoms with Crippen LogP contribution in [0.15, 0.2) is 40.2 Å². The molecule has 0 atom stereocenters. The van der Waals surface area contributed by atoms with E-state index < -0.39 is 0 Å². The second-order valence-electron chi connectivity index (χ2n) is 5.25. The Balaban J connectivity index is 2.04. The third-order valence-corrected chi connectivity index (χ3v) is 4.75. The molecule has 108 valence electrons. The van der Waals surface area contributed by atoms with Gasteiger partial charge in [-0.05, 0) is 29.1 Å². The van der Waals surface area contributed by atoms with Crippen LogP contribution in [0.3, 0.4) is 0 Å². The highest BCUT2D eigenvalue weighted by Gasteiger charge is 2.07. The maximum Gasteiger partial charge on any atom is 0.0519 e. The molecule has 20 heavy (non-hydrogen) atoms. The van der Waals surface area contributed by atoms with Gasteiger partial charge in [0.2, 0.25) is 0 Å². The Hall–Kier alpha value is -0.840. The summed E-state index contributed by atoms with van der Waals surface area (Å²) in [4.78, 5) is 3.66. The molecule has 1 heterocycles. The molecule has 0 bridgehead atoms. The first kappa shape index (κ1) is 15.5. The number of halogens is 1. The molecule has 1 aromatic heterocycles. The van der Waals surface area contributed by atoms with Gasteiger partial charge in [0.15, 0.2) is 0 Å². The Morgan fingerprint density at radius 2 is 2.10 bits per heavy atom. The molecule has 2 nitrogen and oxygen atoms in total. The zero-order valence-corrected chi connectivity index (χ0v) is 14.6. The third kappa shape index (κ3) is 4.33. The van der Waals surface area contributed by atoms with Crippen molar-refractivity contribution in [2.45, 2.75) is 33.0 Å². The van der Waals surface area contributed by atoms with Crippen LogP contribution in [-0.2, 0) is 13.1 Å². The summed E-state index contributed by atoms with van der Waals surface area (Å²) in [5.41, 5.74) is 2.53. The fourth-order valence-electron chi connectivity index (χ4n) is 1.96. The van der Waals surface area contributed by atoms with E-state index >= 15 is 0 Å². The van der Waals surface area contributed by atoms with Crippen molar-refractivity contribution in [1.29, 1.82) is 0 Å². The molecule has 0 amide bonds. The van der Waals surface area contributed by atoms with Crippen molar-refractivity contribution in [3.05, 3.63) is 50.6 Å². The number of hydrogen-bond acceptors (Lipinski definition) is 3. The molecule has 0 saturated carbocycles. The Kier molecular flexibility index (Phi) is 5.64. The maximum absolute atomic E-state index is 3.68. The van der Waals surface area contributed by atoms with Gasteiger partial charge in [0.1, 0.15) is 0 Å².